The standard InChI is InChI=1S/C8H8BrN3OS/c9-5-1-2-6(11-3-5)8(13)12-4-7(10)14/h1-3H,4H2,(H2,10,14)(H,12,13). The van der Waals surface area contributed by atoms with Crippen molar-refractivity contribution in [1.29, 1.82) is 0 Å². The number of hydrogen-bond acceptors (Lipinski definition) is 3. The van der Waals surface area contributed by atoms with Gasteiger partial charge in [0.2, 0.25) is 0 Å². The third kappa shape index (κ3) is 3.39. The van der Waals surface area contributed by atoms with E-state index in [1.165, 1.54) is 0 Å². The molecule has 0 spiro atoms. The number of thiocarbonyl (C=S) groups is 1. The Balaban J connectivity index is 2.61. The highest BCUT2D eigenvalue weighted by Crippen LogP contribution is 2.06. The van der Waals surface area contributed by atoms with Crippen LogP contribution in [-0.2, 0) is 0 Å². The van der Waals surface area contributed by atoms with Gasteiger partial charge in [0.1, 0.15) is 5.69 Å². The first-order valence-electron chi connectivity index (χ1n) is 3.77. The second-order valence-electron chi connectivity index (χ2n) is 2.51. The van der Waals surface area contributed by atoms with Gasteiger partial charge >= 0.3 is 0 Å². The molecule has 74 valence electrons. The van der Waals surface area contributed by atoms with Crippen molar-refractivity contribution in [3.8, 4) is 0 Å². The smallest absolute Gasteiger partial charge is 0.270 e. The number of nitrogens with two attached hydrogens (primary N) is 1. The molecule has 0 saturated carbocycles. The van der Waals surface area contributed by atoms with E-state index < -0.39 is 0 Å². The van der Waals surface area contributed by atoms with Crippen LogP contribution in [0.2, 0.25) is 0 Å². The first-order valence-corrected chi connectivity index (χ1v) is 4.98. The second-order valence-corrected chi connectivity index (χ2v) is 3.95. The summed E-state index contributed by atoms with van der Waals surface area (Å²) in [7, 11) is 0. The lowest BCUT2D eigenvalue weighted by molar-refractivity contribution is 0.0954. The molecule has 1 rings (SSSR count). The van der Waals surface area contributed by atoms with Crippen LogP contribution in [0.5, 0.6) is 0 Å². The van der Waals surface area contributed by atoms with Crippen molar-refractivity contribution in [3.63, 3.8) is 0 Å². The molecule has 1 amide bonds. The largest absolute Gasteiger partial charge is 0.392 e. The summed E-state index contributed by atoms with van der Waals surface area (Å²) in [5.74, 6) is -0.287. The fourth-order valence-electron chi connectivity index (χ4n) is 0.768. The number of rotatable bonds is 3. The van der Waals surface area contributed by atoms with Crippen LogP contribution in [0.3, 0.4) is 0 Å². The van der Waals surface area contributed by atoms with Gasteiger partial charge in [0.05, 0.1) is 11.5 Å². The molecule has 4 nitrogen and oxygen atoms in total. The van der Waals surface area contributed by atoms with Gasteiger partial charge in [-0.1, -0.05) is 12.2 Å². The van der Waals surface area contributed by atoms with E-state index in [0.717, 1.165) is 4.47 Å². The van der Waals surface area contributed by atoms with E-state index in [2.05, 4.69) is 38.4 Å². The molecule has 0 unspecified atom stereocenters. The van der Waals surface area contributed by atoms with Crippen molar-refractivity contribution in [2.75, 3.05) is 6.54 Å². The Labute approximate surface area is 95.0 Å². The van der Waals surface area contributed by atoms with Crippen molar-refractivity contribution in [2.45, 2.75) is 0 Å². The molecule has 1 aromatic rings. The number of amides is 1. The summed E-state index contributed by atoms with van der Waals surface area (Å²) < 4.78 is 0.823. The summed E-state index contributed by atoms with van der Waals surface area (Å²) in [6.45, 7) is 0.186. The van der Waals surface area contributed by atoms with Crippen molar-refractivity contribution in [2.24, 2.45) is 5.73 Å². The number of halogens is 1. The van der Waals surface area contributed by atoms with E-state index in [0.29, 0.717) is 5.69 Å². The molecule has 0 aliphatic carbocycles. The number of aromatic nitrogens is 1. The zero-order valence-corrected chi connectivity index (χ0v) is 9.56. The molecule has 0 radical (unpaired) electrons. The maximum absolute atomic E-state index is 11.4. The monoisotopic (exact) mass is 273 g/mol. The van der Waals surface area contributed by atoms with E-state index in [1.54, 1.807) is 18.3 Å². The fourth-order valence-corrected chi connectivity index (χ4v) is 1.07. The highest BCUT2D eigenvalue weighted by Gasteiger charge is 2.05. The molecule has 0 aliphatic rings. The highest BCUT2D eigenvalue weighted by molar-refractivity contribution is 9.10. The van der Waals surface area contributed by atoms with E-state index in [-0.39, 0.29) is 17.4 Å². The zero-order chi connectivity index (χ0) is 10.6. The molecular formula is C8H8BrN3OS. The topological polar surface area (TPSA) is 68.0 Å². The van der Waals surface area contributed by atoms with Gasteiger partial charge in [-0.25, -0.2) is 4.98 Å². The Morgan fingerprint density at radius 2 is 2.36 bits per heavy atom. The van der Waals surface area contributed by atoms with Crippen LogP contribution in [-0.4, -0.2) is 22.4 Å². The first kappa shape index (κ1) is 11.1. The van der Waals surface area contributed by atoms with Gasteiger partial charge in [0.25, 0.3) is 5.91 Å². The van der Waals surface area contributed by atoms with Crippen LogP contribution < -0.4 is 11.1 Å². The minimum absolute atomic E-state index is 0.186. The maximum atomic E-state index is 11.4. The SMILES string of the molecule is NC(=S)CNC(=O)c1ccc(Br)cn1. The molecule has 0 atom stereocenters. The second kappa shape index (κ2) is 5.02. The van der Waals surface area contributed by atoms with Crippen LogP contribution >= 0.6 is 28.1 Å². The number of carbonyl (C=O) groups is 1. The van der Waals surface area contributed by atoms with E-state index in [1.807, 2.05) is 0 Å². The third-order valence-electron chi connectivity index (χ3n) is 1.38. The molecule has 0 saturated heterocycles. The average molecular weight is 274 g/mol. The third-order valence-corrected chi connectivity index (χ3v) is 2.00. The molecule has 0 aliphatic heterocycles. The fraction of sp³-hybridized carbons (Fsp3) is 0.125. The van der Waals surface area contributed by atoms with Gasteiger partial charge in [-0.3, -0.25) is 4.79 Å². The van der Waals surface area contributed by atoms with Crippen LogP contribution in [0.4, 0.5) is 0 Å². The summed E-state index contributed by atoms with van der Waals surface area (Å²) in [4.78, 5) is 15.5. The molecule has 1 aromatic heterocycles. The van der Waals surface area contributed by atoms with Gasteiger partial charge < -0.3 is 11.1 Å². The number of nitrogens with zero attached hydrogens (tertiary/aromatic N) is 1. The summed E-state index contributed by atoms with van der Waals surface area (Å²) in [5.41, 5.74) is 5.57. The number of hydrogen-bond donors (Lipinski definition) is 2. The predicted octanol–water partition coefficient (Wildman–Crippen LogP) is 0.860. The molecule has 1 heterocycles. The molecule has 0 aromatic carbocycles. The van der Waals surface area contributed by atoms with Crippen molar-refractivity contribution in [3.05, 3.63) is 28.5 Å². The van der Waals surface area contributed by atoms with E-state index >= 15 is 0 Å². The zero-order valence-electron chi connectivity index (χ0n) is 7.16. The van der Waals surface area contributed by atoms with Crippen molar-refractivity contribution in [1.82, 2.24) is 10.3 Å². The van der Waals surface area contributed by atoms with Gasteiger partial charge in [-0.15, -0.1) is 0 Å². The lowest BCUT2D eigenvalue weighted by Gasteiger charge is -2.02. The predicted molar refractivity (Wildman–Crippen MR) is 61.1 cm³/mol. The Kier molecular flexibility index (Phi) is 3.97. The Morgan fingerprint density at radius 3 is 2.86 bits per heavy atom. The minimum atomic E-state index is -0.287. The lowest BCUT2D eigenvalue weighted by Crippen LogP contribution is -2.32. The van der Waals surface area contributed by atoms with E-state index in [4.69, 9.17) is 5.73 Å². The van der Waals surface area contributed by atoms with Gasteiger partial charge in [-0.05, 0) is 28.1 Å². The Morgan fingerprint density at radius 1 is 1.64 bits per heavy atom. The average Bonchev–Trinajstić information content (AvgIpc) is 2.15. The number of pyridine rings is 1. The highest BCUT2D eigenvalue weighted by atomic mass is 79.9. The maximum Gasteiger partial charge on any atom is 0.270 e. The van der Waals surface area contributed by atoms with Crippen molar-refractivity contribution < 1.29 is 4.79 Å². The summed E-state index contributed by atoms with van der Waals surface area (Å²) in [6, 6.07) is 3.35. The summed E-state index contributed by atoms with van der Waals surface area (Å²) in [5, 5.41) is 2.53. The Hall–Kier alpha value is -1.01. The summed E-state index contributed by atoms with van der Waals surface area (Å²) >= 11 is 7.84. The molecular weight excluding hydrogens is 266 g/mol. The van der Waals surface area contributed by atoms with Crippen LogP contribution in [0.1, 0.15) is 10.5 Å². The molecule has 0 bridgehead atoms. The van der Waals surface area contributed by atoms with Crippen molar-refractivity contribution >= 4 is 39.0 Å². The van der Waals surface area contributed by atoms with Crippen LogP contribution in [0, 0.1) is 0 Å². The van der Waals surface area contributed by atoms with E-state index in [9.17, 15) is 4.79 Å². The first-order chi connectivity index (χ1) is 6.59. The quantitative estimate of drug-likeness (QED) is 0.802. The van der Waals surface area contributed by atoms with Crippen LogP contribution in [0.15, 0.2) is 22.8 Å². The van der Waals surface area contributed by atoms with Gasteiger partial charge in [0, 0.05) is 10.7 Å². The number of nitrogens with one attached hydrogen (secondary N) is 1. The van der Waals surface area contributed by atoms with Crippen LogP contribution in [0.25, 0.3) is 0 Å². The molecule has 3 N–H and O–H groups in total. The normalized spacial score (nSPS) is 9.50. The van der Waals surface area contributed by atoms with Gasteiger partial charge in [-0.2, -0.15) is 0 Å². The molecule has 6 heteroatoms. The van der Waals surface area contributed by atoms with Gasteiger partial charge in [0.15, 0.2) is 0 Å². The minimum Gasteiger partial charge on any atom is -0.392 e. The molecule has 0 fully saturated rings. The number of carbonyl (C=O) groups excluding carboxylic acids is 1. The Bertz CT molecular complexity index is 352. The molecule has 14 heavy (non-hydrogen) atoms. The summed E-state index contributed by atoms with van der Waals surface area (Å²) in [6.07, 6.45) is 1.55. The lowest BCUT2D eigenvalue weighted by atomic mass is 10.3.